The molecule has 1 aliphatic heterocycles. The monoisotopic (exact) mass is 311 g/mol. The number of anilines is 1. The fourth-order valence-corrected chi connectivity index (χ4v) is 3.03. The molecule has 3 N–H and O–H groups in total. The second-order valence-corrected chi connectivity index (χ2v) is 7.00. The molecule has 2 amide bonds. The number of aryl methyl sites for hydroxylation is 1. The zero-order valence-electron chi connectivity index (χ0n) is 12.3. The fraction of sp³-hybridized carbons (Fsp3) is 0.500. The van der Waals surface area contributed by atoms with Crippen molar-refractivity contribution in [1.82, 2.24) is 4.90 Å². The number of nitrogens with two attached hydrogens (primary N) is 1. The number of sulfonamides is 1. The van der Waals surface area contributed by atoms with Crippen LogP contribution in [0.3, 0.4) is 0 Å². The molecule has 0 aliphatic carbocycles. The molecule has 7 heteroatoms. The van der Waals surface area contributed by atoms with Gasteiger partial charge in [0, 0.05) is 18.8 Å². The van der Waals surface area contributed by atoms with Crippen molar-refractivity contribution < 1.29 is 13.2 Å². The van der Waals surface area contributed by atoms with E-state index in [2.05, 4.69) is 5.32 Å². The molecule has 0 unspecified atom stereocenters. The third kappa shape index (κ3) is 3.74. The Morgan fingerprint density at radius 2 is 1.81 bits per heavy atom. The van der Waals surface area contributed by atoms with E-state index < -0.39 is 10.0 Å². The van der Waals surface area contributed by atoms with E-state index in [-0.39, 0.29) is 10.9 Å². The van der Waals surface area contributed by atoms with Crippen LogP contribution in [-0.2, 0) is 10.0 Å². The number of urea groups is 1. The summed E-state index contributed by atoms with van der Waals surface area (Å²) in [6.45, 7) is 5.10. The van der Waals surface area contributed by atoms with Crippen LogP contribution in [0.4, 0.5) is 10.5 Å². The van der Waals surface area contributed by atoms with E-state index in [1.165, 1.54) is 12.1 Å². The van der Waals surface area contributed by atoms with Crippen molar-refractivity contribution in [1.29, 1.82) is 0 Å². The average molecular weight is 311 g/mol. The molecule has 1 heterocycles. The van der Waals surface area contributed by atoms with E-state index in [0.717, 1.165) is 43.5 Å². The Morgan fingerprint density at radius 3 is 2.38 bits per heavy atom. The number of carbonyl (C=O) groups is 1. The van der Waals surface area contributed by atoms with Gasteiger partial charge in [-0.2, -0.15) is 0 Å². The van der Waals surface area contributed by atoms with Crippen LogP contribution in [0, 0.1) is 13.8 Å². The molecule has 6 nitrogen and oxygen atoms in total. The van der Waals surface area contributed by atoms with Gasteiger partial charge in [0.05, 0.1) is 4.90 Å². The molecule has 0 spiro atoms. The van der Waals surface area contributed by atoms with Gasteiger partial charge in [0.15, 0.2) is 0 Å². The van der Waals surface area contributed by atoms with E-state index in [4.69, 9.17) is 5.14 Å². The highest BCUT2D eigenvalue weighted by molar-refractivity contribution is 7.89. The Labute approximate surface area is 125 Å². The summed E-state index contributed by atoms with van der Waals surface area (Å²) in [4.78, 5) is 14.0. The summed E-state index contributed by atoms with van der Waals surface area (Å²) in [6.07, 6.45) is 3.15. The second-order valence-electron chi connectivity index (χ2n) is 5.44. The largest absolute Gasteiger partial charge is 0.325 e. The van der Waals surface area contributed by atoms with E-state index >= 15 is 0 Å². The Hall–Kier alpha value is -1.60. The molecule has 0 atom stereocenters. The maximum Gasteiger partial charge on any atom is 0.321 e. The first-order valence-corrected chi connectivity index (χ1v) is 8.53. The molecule has 1 aliphatic rings. The maximum absolute atomic E-state index is 12.2. The predicted octanol–water partition coefficient (Wildman–Crippen LogP) is 1.97. The van der Waals surface area contributed by atoms with Gasteiger partial charge in [-0.3, -0.25) is 0 Å². The molecular weight excluding hydrogens is 290 g/mol. The smallest absolute Gasteiger partial charge is 0.321 e. The summed E-state index contributed by atoms with van der Waals surface area (Å²) in [5, 5.41) is 7.97. The van der Waals surface area contributed by atoms with Crippen LogP contribution in [-0.4, -0.2) is 32.4 Å². The number of amides is 2. The molecule has 0 bridgehead atoms. The molecule has 1 aromatic carbocycles. The number of nitrogens with one attached hydrogen (secondary N) is 1. The molecule has 0 radical (unpaired) electrons. The van der Waals surface area contributed by atoms with Crippen LogP contribution in [0.25, 0.3) is 0 Å². The lowest BCUT2D eigenvalue weighted by Crippen LogP contribution is -2.38. The number of primary sulfonamides is 1. The minimum Gasteiger partial charge on any atom is -0.325 e. The minimum absolute atomic E-state index is 0.0135. The van der Waals surface area contributed by atoms with Crippen molar-refractivity contribution in [2.75, 3.05) is 18.4 Å². The van der Waals surface area contributed by atoms with Gasteiger partial charge in [-0.1, -0.05) is 0 Å². The number of piperidine rings is 1. The number of likely N-dealkylation sites (tertiary alicyclic amines) is 1. The number of nitrogens with zero attached hydrogens (tertiary/aromatic N) is 1. The van der Waals surface area contributed by atoms with Crippen LogP contribution in [0.5, 0.6) is 0 Å². The van der Waals surface area contributed by atoms with Crippen molar-refractivity contribution in [2.45, 2.75) is 38.0 Å². The molecule has 21 heavy (non-hydrogen) atoms. The van der Waals surface area contributed by atoms with Gasteiger partial charge in [-0.05, 0) is 56.4 Å². The van der Waals surface area contributed by atoms with E-state index in [9.17, 15) is 13.2 Å². The summed E-state index contributed by atoms with van der Waals surface area (Å²) in [5.41, 5.74) is 2.11. The van der Waals surface area contributed by atoms with Crippen LogP contribution >= 0.6 is 0 Å². The van der Waals surface area contributed by atoms with Gasteiger partial charge < -0.3 is 10.2 Å². The summed E-state index contributed by atoms with van der Waals surface area (Å²) >= 11 is 0. The van der Waals surface area contributed by atoms with Crippen molar-refractivity contribution >= 4 is 21.7 Å². The average Bonchev–Trinajstić information content (AvgIpc) is 2.43. The lowest BCUT2D eigenvalue weighted by atomic mass is 10.1. The van der Waals surface area contributed by atoms with E-state index in [1.807, 2.05) is 6.92 Å². The summed E-state index contributed by atoms with van der Waals surface area (Å²) in [6, 6.07) is 2.74. The molecule has 1 saturated heterocycles. The highest BCUT2D eigenvalue weighted by Crippen LogP contribution is 2.24. The topological polar surface area (TPSA) is 92.5 Å². The number of hydrogen-bond acceptors (Lipinski definition) is 3. The Kier molecular flexibility index (Phi) is 4.53. The highest BCUT2D eigenvalue weighted by Gasteiger charge is 2.19. The molecule has 0 saturated carbocycles. The Bertz CT molecular complexity index is 650. The number of rotatable bonds is 2. The van der Waals surface area contributed by atoms with Crippen molar-refractivity contribution in [3.05, 3.63) is 23.3 Å². The second kappa shape index (κ2) is 6.03. The SMILES string of the molecule is Cc1cc(S(N)(=O)=O)cc(NC(=O)N2CCCCC2)c1C. The third-order valence-electron chi connectivity index (χ3n) is 3.85. The first-order chi connectivity index (χ1) is 9.79. The van der Waals surface area contributed by atoms with E-state index in [1.54, 1.807) is 11.8 Å². The van der Waals surface area contributed by atoms with Crippen molar-refractivity contribution in [3.63, 3.8) is 0 Å². The first-order valence-electron chi connectivity index (χ1n) is 6.99. The van der Waals surface area contributed by atoms with Crippen molar-refractivity contribution in [2.24, 2.45) is 5.14 Å². The summed E-state index contributed by atoms with van der Waals surface area (Å²) in [5.74, 6) is 0. The van der Waals surface area contributed by atoms with Gasteiger partial charge in [-0.25, -0.2) is 18.4 Å². The Balaban J connectivity index is 2.26. The fourth-order valence-electron chi connectivity index (χ4n) is 2.41. The quantitative estimate of drug-likeness (QED) is 0.874. The van der Waals surface area contributed by atoms with Crippen LogP contribution in [0.1, 0.15) is 30.4 Å². The third-order valence-corrected chi connectivity index (χ3v) is 4.75. The number of benzene rings is 1. The zero-order valence-corrected chi connectivity index (χ0v) is 13.2. The predicted molar refractivity (Wildman–Crippen MR) is 81.7 cm³/mol. The van der Waals surface area contributed by atoms with Gasteiger partial charge in [0.25, 0.3) is 0 Å². The molecule has 2 rings (SSSR count). The molecule has 0 aromatic heterocycles. The lowest BCUT2D eigenvalue weighted by Gasteiger charge is -2.27. The standard InChI is InChI=1S/C14H21N3O3S/c1-10-8-12(21(15,19)20)9-13(11(10)2)16-14(18)17-6-4-3-5-7-17/h8-9H,3-7H2,1-2H3,(H,16,18)(H2,15,19,20). The number of carbonyl (C=O) groups excluding carboxylic acids is 1. The van der Waals surface area contributed by atoms with Crippen LogP contribution in [0.2, 0.25) is 0 Å². The van der Waals surface area contributed by atoms with Crippen LogP contribution < -0.4 is 10.5 Å². The van der Waals surface area contributed by atoms with Crippen LogP contribution in [0.15, 0.2) is 17.0 Å². The summed E-state index contributed by atoms with van der Waals surface area (Å²) in [7, 11) is -3.79. The van der Waals surface area contributed by atoms with Gasteiger partial charge >= 0.3 is 6.03 Å². The summed E-state index contributed by atoms with van der Waals surface area (Å²) < 4.78 is 23.0. The molecule has 116 valence electrons. The van der Waals surface area contributed by atoms with Gasteiger partial charge in [-0.15, -0.1) is 0 Å². The Morgan fingerprint density at radius 1 is 1.19 bits per heavy atom. The maximum atomic E-state index is 12.2. The molecule has 1 aromatic rings. The molecule has 1 fully saturated rings. The number of hydrogen-bond donors (Lipinski definition) is 2. The zero-order chi connectivity index (χ0) is 15.6. The van der Waals surface area contributed by atoms with Gasteiger partial charge in [0.2, 0.25) is 10.0 Å². The van der Waals surface area contributed by atoms with Crippen molar-refractivity contribution in [3.8, 4) is 0 Å². The van der Waals surface area contributed by atoms with Gasteiger partial charge in [0.1, 0.15) is 0 Å². The normalized spacial score (nSPS) is 15.9. The highest BCUT2D eigenvalue weighted by atomic mass is 32.2. The first kappa shape index (κ1) is 15.8. The molecular formula is C14H21N3O3S. The minimum atomic E-state index is -3.79. The lowest BCUT2D eigenvalue weighted by molar-refractivity contribution is 0.200. The van der Waals surface area contributed by atoms with E-state index in [0.29, 0.717) is 5.69 Å².